The SMILES string of the molecule is COC(=O)C1=C(C)O[C@@H]2C(=O)O[C@@]23[C@H]2[C@@H](C(=O)C[C@@H]13)[C@@]1(c3ccc(OC)cc3)C=C[C@@]23CCCC[C@]13C. The molecule has 2 bridgehead atoms. The summed E-state index contributed by atoms with van der Waals surface area (Å²) in [6.45, 7) is 4.01. The monoisotopic (exact) mass is 504 g/mol. The molecule has 0 unspecified atom stereocenters. The number of hydrogen-bond acceptors (Lipinski definition) is 7. The maximum atomic E-state index is 14.4. The molecule has 37 heavy (non-hydrogen) atoms. The number of esters is 2. The normalized spacial score (nSPS) is 44.5. The second-order valence-electron chi connectivity index (χ2n) is 11.9. The van der Waals surface area contributed by atoms with E-state index in [0.29, 0.717) is 11.3 Å². The Hall–Kier alpha value is -3.09. The maximum absolute atomic E-state index is 14.4. The molecule has 8 atom stereocenters. The number of hydrogen-bond donors (Lipinski definition) is 0. The highest BCUT2D eigenvalue weighted by atomic mass is 16.7. The third-order valence-electron chi connectivity index (χ3n) is 11.2. The van der Waals surface area contributed by atoms with Gasteiger partial charge in [-0.3, -0.25) is 4.79 Å². The highest BCUT2D eigenvalue weighted by Crippen LogP contribution is 2.83. The molecule has 3 saturated carbocycles. The summed E-state index contributed by atoms with van der Waals surface area (Å²) < 4.78 is 23.0. The second-order valence-corrected chi connectivity index (χ2v) is 11.9. The number of ether oxygens (including phenoxy) is 4. The molecule has 194 valence electrons. The van der Waals surface area contributed by atoms with Crippen LogP contribution in [0.15, 0.2) is 47.7 Å². The van der Waals surface area contributed by atoms with Crippen LogP contribution < -0.4 is 4.74 Å². The molecule has 6 aliphatic rings. The highest BCUT2D eigenvalue weighted by molar-refractivity contribution is 5.97. The molecule has 4 aliphatic carbocycles. The van der Waals surface area contributed by atoms with Gasteiger partial charge in [0.25, 0.3) is 0 Å². The predicted molar refractivity (Wildman–Crippen MR) is 131 cm³/mol. The van der Waals surface area contributed by atoms with E-state index in [-0.39, 0.29) is 34.9 Å². The van der Waals surface area contributed by atoms with Gasteiger partial charge in [0.15, 0.2) is 5.60 Å². The van der Waals surface area contributed by atoms with Crippen molar-refractivity contribution >= 4 is 17.7 Å². The summed E-state index contributed by atoms with van der Waals surface area (Å²) in [5.74, 6) is -0.960. The summed E-state index contributed by atoms with van der Waals surface area (Å²) in [6, 6.07) is 8.10. The first-order valence-electron chi connectivity index (χ1n) is 13.3. The topological polar surface area (TPSA) is 88.1 Å². The molecular weight excluding hydrogens is 472 g/mol. The van der Waals surface area contributed by atoms with Gasteiger partial charge < -0.3 is 18.9 Å². The molecule has 2 heterocycles. The molecular formula is C30H32O7. The molecule has 1 spiro atoms. The van der Waals surface area contributed by atoms with E-state index in [4.69, 9.17) is 18.9 Å². The molecule has 0 N–H and O–H groups in total. The van der Waals surface area contributed by atoms with Gasteiger partial charge in [-0.25, -0.2) is 9.59 Å². The Morgan fingerprint density at radius 2 is 1.78 bits per heavy atom. The Kier molecular flexibility index (Phi) is 4.40. The van der Waals surface area contributed by atoms with Crippen LogP contribution in [0.25, 0.3) is 0 Å². The van der Waals surface area contributed by atoms with E-state index in [1.807, 2.05) is 12.1 Å². The van der Waals surface area contributed by atoms with E-state index < -0.39 is 35.0 Å². The Morgan fingerprint density at radius 3 is 2.46 bits per heavy atom. The smallest absolute Gasteiger partial charge is 0.352 e. The third kappa shape index (κ3) is 2.26. The lowest BCUT2D eigenvalue weighted by Gasteiger charge is -2.64. The quantitative estimate of drug-likeness (QED) is 0.453. The third-order valence-corrected chi connectivity index (χ3v) is 11.2. The Balaban J connectivity index is 1.49. The fourth-order valence-electron chi connectivity index (χ4n) is 9.84. The molecule has 1 saturated heterocycles. The molecule has 1 aromatic rings. The molecule has 7 nitrogen and oxygen atoms in total. The van der Waals surface area contributed by atoms with Crippen molar-refractivity contribution in [1.82, 2.24) is 0 Å². The summed E-state index contributed by atoms with van der Waals surface area (Å²) in [6.07, 6.45) is 7.89. The average molecular weight is 505 g/mol. The van der Waals surface area contributed by atoms with Gasteiger partial charge in [-0.2, -0.15) is 0 Å². The number of ketones is 1. The molecule has 0 aromatic heterocycles. The lowest BCUT2D eigenvalue weighted by atomic mass is 9.47. The van der Waals surface area contributed by atoms with Crippen molar-refractivity contribution in [3.8, 4) is 5.75 Å². The van der Waals surface area contributed by atoms with Crippen LogP contribution in [0.4, 0.5) is 0 Å². The van der Waals surface area contributed by atoms with Crippen molar-refractivity contribution in [2.24, 2.45) is 28.6 Å². The van der Waals surface area contributed by atoms with E-state index in [0.717, 1.165) is 37.0 Å². The molecule has 4 fully saturated rings. The van der Waals surface area contributed by atoms with Gasteiger partial charge in [-0.1, -0.05) is 44.1 Å². The van der Waals surface area contributed by atoms with Gasteiger partial charge in [0, 0.05) is 35.0 Å². The molecule has 2 aliphatic heterocycles. The molecule has 7 rings (SSSR count). The Labute approximate surface area is 216 Å². The van der Waals surface area contributed by atoms with Crippen LogP contribution in [0.5, 0.6) is 5.75 Å². The van der Waals surface area contributed by atoms with Gasteiger partial charge in [-0.05, 0) is 42.9 Å². The number of carbonyl (C=O) groups is 3. The van der Waals surface area contributed by atoms with Crippen LogP contribution >= 0.6 is 0 Å². The van der Waals surface area contributed by atoms with Gasteiger partial charge >= 0.3 is 11.9 Å². The van der Waals surface area contributed by atoms with Crippen molar-refractivity contribution in [2.75, 3.05) is 14.2 Å². The fourth-order valence-corrected chi connectivity index (χ4v) is 9.84. The largest absolute Gasteiger partial charge is 0.497 e. The minimum absolute atomic E-state index is 0.119. The summed E-state index contributed by atoms with van der Waals surface area (Å²) in [4.78, 5) is 40.3. The van der Waals surface area contributed by atoms with Gasteiger partial charge in [0.05, 0.1) is 19.8 Å². The van der Waals surface area contributed by atoms with Crippen LogP contribution in [0.3, 0.4) is 0 Å². The minimum atomic E-state index is -1.07. The summed E-state index contributed by atoms with van der Waals surface area (Å²) >= 11 is 0. The van der Waals surface area contributed by atoms with E-state index in [2.05, 4.69) is 31.2 Å². The first-order chi connectivity index (χ1) is 17.7. The molecule has 0 amide bonds. The number of benzene rings is 1. The van der Waals surface area contributed by atoms with Crippen LogP contribution in [-0.4, -0.2) is 43.6 Å². The van der Waals surface area contributed by atoms with E-state index in [1.165, 1.54) is 7.11 Å². The van der Waals surface area contributed by atoms with Crippen molar-refractivity contribution in [3.05, 3.63) is 53.3 Å². The number of carbonyl (C=O) groups excluding carboxylic acids is 3. The average Bonchev–Trinajstić information content (AvgIpc) is 3.29. The van der Waals surface area contributed by atoms with Gasteiger partial charge in [-0.15, -0.1) is 0 Å². The highest BCUT2D eigenvalue weighted by Gasteiger charge is 2.87. The number of methoxy groups -OCH3 is 2. The van der Waals surface area contributed by atoms with Crippen molar-refractivity contribution in [2.45, 2.75) is 63.1 Å². The zero-order valence-corrected chi connectivity index (χ0v) is 21.7. The van der Waals surface area contributed by atoms with Gasteiger partial charge in [0.2, 0.25) is 6.10 Å². The number of allylic oxidation sites excluding steroid dienone is 3. The first kappa shape index (κ1) is 23.1. The van der Waals surface area contributed by atoms with E-state index in [1.54, 1.807) is 14.0 Å². The standard InChI is InChI=1S/C30H32O7/c1-16-21(25(32)35-4)19-15-20(31)22-23(30(19)24(36-16)26(33)37-30)28-12-6-5-11-27(28,2)29(22,14-13-28)17-7-9-18(34-3)10-8-17/h7-10,13-14,19,22-24H,5-6,11-12,15H2,1-4H3/t19-,22+,23-,24+,27-,28-,29-,30-/m0/s1. The molecule has 0 radical (unpaired) electrons. The first-order valence-corrected chi connectivity index (χ1v) is 13.3. The Bertz CT molecular complexity index is 1310. The number of Topliss-reactive ketones (excluding diaryl/α,β-unsaturated/α-hetero) is 1. The van der Waals surface area contributed by atoms with Crippen molar-refractivity contribution in [1.29, 1.82) is 0 Å². The summed E-state index contributed by atoms with van der Waals surface area (Å²) in [5.41, 5.74) is -0.817. The lowest BCUT2D eigenvalue weighted by Crippen LogP contribution is -2.77. The Morgan fingerprint density at radius 1 is 1.05 bits per heavy atom. The van der Waals surface area contributed by atoms with E-state index >= 15 is 0 Å². The fraction of sp³-hybridized carbons (Fsp3) is 0.567. The number of fused-ring (bicyclic) bond motifs is 2. The zero-order chi connectivity index (χ0) is 26.0. The maximum Gasteiger partial charge on any atom is 0.352 e. The van der Waals surface area contributed by atoms with Crippen molar-refractivity contribution in [3.63, 3.8) is 0 Å². The van der Waals surface area contributed by atoms with Gasteiger partial charge in [0.1, 0.15) is 17.3 Å². The number of rotatable bonds is 3. The van der Waals surface area contributed by atoms with Crippen molar-refractivity contribution < 1.29 is 33.3 Å². The minimum Gasteiger partial charge on any atom is -0.497 e. The van der Waals surface area contributed by atoms with Crippen LogP contribution in [0.2, 0.25) is 0 Å². The molecule has 1 aromatic carbocycles. The van der Waals surface area contributed by atoms with Crippen LogP contribution in [-0.2, 0) is 34.0 Å². The lowest BCUT2D eigenvalue weighted by molar-refractivity contribution is -0.287. The molecule has 7 heteroatoms. The summed E-state index contributed by atoms with van der Waals surface area (Å²) in [5, 5.41) is 0. The second kappa shape index (κ2) is 7.06. The summed E-state index contributed by atoms with van der Waals surface area (Å²) in [7, 11) is 2.98. The van der Waals surface area contributed by atoms with E-state index in [9.17, 15) is 14.4 Å². The van der Waals surface area contributed by atoms with Crippen LogP contribution in [0, 0.1) is 28.6 Å². The predicted octanol–water partition coefficient (Wildman–Crippen LogP) is 4.05. The van der Waals surface area contributed by atoms with Crippen LogP contribution in [0.1, 0.15) is 51.5 Å². The zero-order valence-electron chi connectivity index (χ0n) is 21.7.